The summed E-state index contributed by atoms with van der Waals surface area (Å²) in [6, 6.07) is 11.3. The van der Waals surface area contributed by atoms with Crippen LogP contribution in [0.1, 0.15) is 29.9 Å². The summed E-state index contributed by atoms with van der Waals surface area (Å²) in [5.41, 5.74) is 3.81. The van der Waals surface area contributed by atoms with E-state index in [1.807, 2.05) is 23.0 Å². The van der Waals surface area contributed by atoms with Gasteiger partial charge >= 0.3 is 6.18 Å². The fraction of sp³-hybridized carbons (Fsp3) is 0.250. The number of anilines is 1. The third-order valence-corrected chi connectivity index (χ3v) is 6.67. The van der Waals surface area contributed by atoms with E-state index in [2.05, 4.69) is 25.2 Å². The molecule has 3 aromatic rings. The van der Waals surface area contributed by atoms with Crippen molar-refractivity contribution in [3.8, 4) is 16.8 Å². The molecule has 0 amide bonds. The molecule has 0 atom stereocenters. The maximum Gasteiger partial charge on any atom is 0.416 e. The zero-order chi connectivity index (χ0) is 19.6. The molecule has 0 saturated carbocycles. The quantitative estimate of drug-likeness (QED) is 0.442. The Labute approximate surface area is 164 Å². The Hall–Kier alpha value is -2.12. The lowest BCUT2D eigenvalue weighted by atomic mass is 9.89. The van der Waals surface area contributed by atoms with Crippen LogP contribution < -0.4 is 5.32 Å². The van der Waals surface area contributed by atoms with Crippen LogP contribution in [0.2, 0.25) is 0 Å². The number of hydrogen-bond donors (Lipinski definition) is 1. The molecule has 4 rings (SSSR count). The lowest BCUT2D eigenvalue weighted by Gasteiger charge is -2.33. The largest absolute Gasteiger partial charge is 0.416 e. The number of aromatic nitrogens is 1. The van der Waals surface area contributed by atoms with Crippen LogP contribution in [0, 0.1) is 11.6 Å². The first-order valence-electron chi connectivity index (χ1n) is 8.41. The standard InChI is InChI=1S/C20H17F3N2S2/c1-11-4-9-15-14(10-11)16-17(19(2,3)24-15)27-25(18(16)26)13-7-5-12(6-8-13)20(21,22)23/h4-10,24H,1-3H3. The summed E-state index contributed by atoms with van der Waals surface area (Å²) >= 11 is 7.22. The molecule has 7 heteroatoms. The van der Waals surface area contributed by atoms with Gasteiger partial charge in [-0.15, -0.1) is 0 Å². The molecule has 0 unspecified atom stereocenters. The molecule has 1 N–H and O–H groups in total. The van der Waals surface area contributed by atoms with Gasteiger partial charge in [-0.2, -0.15) is 13.2 Å². The molecule has 140 valence electrons. The molecule has 0 fully saturated rings. The Morgan fingerprint density at radius 3 is 2.37 bits per heavy atom. The Morgan fingerprint density at radius 1 is 1.07 bits per heavy atom. The number of nitrogens with one attached hydrogen (secondary N) is 1. The van der Waals surface area contributed by atoms with Gasteiger partial charge in [0.1, 0.15) is 4.64 Å². The minimum atomic E-state index is -4.35. The van der Waals surface area contributed by atoms with Crippen LogP contribution in [0.3, 0.4) is 0 Å². The van der Waals surface area contributed by atoms with E-state index in [1.165, 1.54) is 23.7 Å². The summed E-state index contributed by atoms with van der Waals surface area (Å²) in [5, 5.41) is 3.54. The van der Waals surface area contributed by atoms with Crippen molar-refractivity contribution < 1.29 is 13.2 Å². The molecular formula is C20H17F3N2S2. The number of alkyl halides is 3. The van der Waals surface area contributed by atoms with E-state index in [9.17, 15) is 13.2 Å². The summed E-state index contributed by atoms with van der Waals surface area (Å²) in [5.74, 6) is 0. The summed E-state index contributed by atoms with van der Waals surface area (Å²) < 4.78 is 41.0. The van der Waals surface area contributed by atoms with Crippen LogP contribution in [-0.2, 0) is 11.7 Å². The number of rotatable bonds is 1. The van der Waals surface area contributed by atoms with Crippen molar-refractivity contribution in [3.05, 3.63) is 63.1 Å². The SMILES string of the molecule is Cc1ccc2c(c1)-c1c(sn(-c3ccc(C(F)(F)F)cc3)c1=S)C(C)(C)N2. The minimum Gasteiger partial charge on any atom is -0.375 e. The molecular weight excluding hydrogens is 389 g/mol. The molecule has 0 bridgehead atoms. The van der Waals surface area contributed by atoms with Gasteiger partial charge in [0.15, 0.2) is 0 Å². The van der Waals surface area contributed by atoms with Gasteiger partial charge in [0.05, 0.1) is 21.7 Å². The highest BCUT2D eigenvalue weighted by Gasteiger charge is 2.35. The molecule has 0 spiro atoms. The van der Waals surface area contributed by atoms with Crippen LogP contribution >= 0.6 is 23.8 Å². The number of benzene rings is 2. The summed E-state index contributed by atoms with van der Waals surface area (Å²) in [6.45, 7) is 6.19. The van der Waals surface area contributed by atoms with Crippen LogP contribution in [0.5, 0.6) is 0 Å². The maximum atomic E-state index is 12.9. The highest BCUT2D eigenvalue weighted by molar-refractivity contribution is 7.71. The van der Waals surface area contributed by atoms with E-state index in [-0.39, 0.29) is 5.54 Å². The van der Waals surface area contributed by atoms with E-state index in [0.717, 1.165) is 39.4 Å². The van der Waals surface area contributed by atoms with Crippen molar-refractivity contribution >= 4 is 29.4 Å². The van der Waals surface area contributed by atoms with Gasteiger partial charge in [-0.3, -0.25) is 3.96 Å². The van der Waals surface area contributed by atoms with Crippen molar-refractivity contribution in [2.45, 2.75) is 32.5 Å². The predicted octanol–water partition coefficient (Wildman–Crippen LogP) is 6.92. The first-order chi connectivity index (χ1) is 12.6. The zero-order valence-electron chi connectivity index (χ0n) is 14.9. The van der Waals surface area contributed by atoms with Gasteiger partial charge in [0.25, 0.3) is 0 Å². The zero-order valence-corrected chi connectivity index (χ0v) is 16.6. The number of nitrogens with zero attached hydrogens (tertiary/aromatic N) is 1. The molecule has 2 heterocycles. The third kappa shape index (κ3) is 2.99. The molecule has 1 aromatic heterocycles. The highest BCUT2D eigenvalue weighted by atomic mass is 32.1. The van der Waals surface area contributed by atoms with Crippen molar-refractivity contribution in [1.29, 1.82) is 0 Å². The fourth-order valence-corrected chi connectivity index (χ4v) is 5.02. The number of halogens is 3. The molecule has 0 saturated heterocycles. The number of fused-ring (bicyclic) bond motifs is 3. The molecule has 2 aromatic carbocycles. The van der Waals surface area contributed by atoms with E-state index in [4.69, 9.17) is 12.2 Å². The van der Waals surface area contributed by atoms with Crippen LogP contribution in [0.25, 0.3) is 16.8 Å². The molecule has 1 aliphatic heterocycles. The van der Waals surface area contributed by atoms with Crippen molar-refractivity contribution in [3.63, 3.8) is 0 Å². The van der Waals surface area contributed by atoms with Gasteiger partial charge in [0, 0.05) is 16.8 Å². The Morgan fingerprint density at radius 2 is 1.74 bits per heavy atom. The average molecular weight is 406 g/mol. The first kappa shape index (κ1) is 18.3. The van der Waals surface area contributed by atoms with E-state index in [0.29, 0.717) is 10.3 Å². The lowest BCUT2D eigenvalue weighted by Crippen LogP contribution is -2.30. The average Bonchev–Trinajstić information content (AvgIpc) is 2.94. The van der Waals surface area contributed by atoms with Crippen LogP contribution in [0.4, 0.5) is 18.9 Å². The fourth-order valence-electron chi connectivity index (χ4n) is 3.36. The monoisotopic (exact) mass is 406 g/mol. The highest BCUT2D eigenvalue weighted by Crippen LogP contribution is 2.47. The van der Waals surface area contributed by atoms with Crippen LogP contribution in [-0.4, -0.2) is 3.96 Å². The summed E-state index contributed by atoms with van der Waals surface area (Å²) in [6.07, 6.45) is -4.35. The number of aryl methyl sites for hydroxylation is 1. The Kier molecular flexibility index (Phi) is 4.01. The normalized spacial score (nSPS) is 15.0. The minimum absolute atomic E-state index is 0.326. The Bertz CT molecular complexity index is 1090. The number of hydrogen-bond acceptors (Lipinski definition) is 3. The molecule has 0 radical (unpaired) electrons. The maximum absolute atomic E-state index is 12.9. The van der Waals surface area contributed by atoms with E-state index < -0.39 is 11.7 Å². The van der Waals surface area contributed by atoms with Crippen molar-refractivity contribution in [2.75, 3.05) is 5.32 Å². The second-order valence-electron chi connectivity index (χ2n) is 7.24. The summed E-state index contributed by atoms with van der Waals surface area (Å²) in [4.78, 5) is 1.07. The van der Waals surface area contributed by atoms with Crippen molar-refractivity contribution in [2.24, 2.45) is 0 Å². The molecule has 0 aliphatic carbocycles. The van der Waals surface area contributed by atoms with Gasteiger partial charge in [-0.1, -0.05) is 35.4 Å². The van der Waals surface area contributed by atoms with Crippen LogP contribution in [0.15, 0.2) is 42.5 Å². The van der Waals surface area contributed by atoms with E-state index in [1.54, 1.807) is 0 Å². The van der Waals surface area contributed by atoms with Gasteiger partial charge in [-0.05, 0) is 57.2 Å². The predicted molar refractivity (Wildman–Crippen MR) is 106 cm³/mol. The second kappa shape index (κ2) is 5.94. The lowest BCUT2D eigenvalue weighted by molar-refractivity contribution is -0.137. The molecule has 1 aliphatic rings. The van der Waals surface area contributed by atoms with E-state index >= 15 is 0 Å². The second-order valence-corrected chi connectivity index (χ2v) is 8.58. The molecule has 27 heavy (non-hydrogen) atoms. The Balaban J connectivity index is 1.91. The van der Waals surface area contributed by atoms with Gasteiger partial charge in [-0.25, -0.2) is 0 Å². The third-order valence-electron chi connectivity index (χ3n) is 4.70. The van der Waals surface area contributed by atoms with Crippen molar-refractivity contribution in [1.82, 2.24) is 3.96 Å². The van der Waals surface area contributed by atoms with Gasteiger partial charge in [0.2, 0.25) is 0 Å². The smallest absolute Gasteiger partial charge is 0.375 e. The van der Waals surface area contributed by atoms with Gasteiger partial charge < -0.3 is 5.32 Å². The molecule has 2 nitrogen and oxygen atoms in total. The topological polar surface area (TPSA) is 17.0 Å². The summed E-state index contributed by atoms with van der Waals surface area (Å²) in [7, 11) is 0. The first-order valence-corrected chi connectivity index (χ1v) is 9.60.